The largest absolute Gasteiger partial charge is 0.385 e. The summed E-state index contributed by atoms with van der Waals surface area (Å²) in [7, 11) is 1.81. The first-order chi connectivity index (χ1) is 10.0. The topological polar surface area (TPSA) is 59.0 Å². The van der Waals surface area contributed by atoms with E-state index in [0.717, 1.165) is 29.9 Å². The Morgan fingerprint density at radius 1 is 1.29 bits per heavy atom. The molecule has 112 valence electrons. The summed E-state index contributed by atoms with van der Waals surface area (Å²) in [6.07, 6.45) is 1.07. The van der Waals surface area contributed by atoms with Crippen LogP contribution in [0.15, 0.2) is 24.3 Å². The summed E-state index contributed by atoms with van der Waals surface area (Å²) in [5.41, 5.74) is 3.55. The Bertz CT molecular complexity index is 646. The first kappa shape index (κ1) is 15.1. The van der Waals surface area contributed by atoms with Crippen LogP contribution in [0, 0.1) is 13.8 Å². The first-order valence-electron chi connectivity index (χ1n) is 7.17. The fourth-order valence-electron chi connectivity index (χ4n) is 2.21. The number of benzene rings is 1. The maximum atomic E-state index is 12.3. The molecule has 5 heteroatoms. The number of amides is 1. The second kappa shape index (κ2) is 6.43. The van der Waals surface area contributed by atoms with Gasteiger partial charge in [-0.25, -0.2) is 0 Å². The predicted molar refractivity (Wildman–Crippen MR) is 85.9 cm³/mol. The maximum Gasteiger partial charge on any atom is 0.257 e. The number of carbonyl (C=O) groups excluding carboxylic acids is 1. The van der Waals surface area contributed by atoms with Crippen molar-refractivity contribution >= 4 is 17.4 Å². The molecule has 0 unspecified atom stereocenters. The molecule has 0 fully saturated rings. The normalized spacial score (nSPS) is 10.5. The average molecular weight is 286 g/mol. The lowest BCUT2D eigenvalue weighted by atomic mass is 10.1. The van der Waals surface area contributed by atoms with E-state index in [1.54, 1.807) is 4.68 Å². The quantitative estimate of drug-likeness (QED) is 0.888. The summed E-state index contributed by atoms with van der Waals surface area (Å²) >= 11 is 0. The Hall–Kier alpha value is -2.30. The molecule has 2 N–H and O–H groups in total. The molecular weight excluding hydrogens is 264 g/mol. The van der Waals surface area contributed by atoms with Crippen molar-refractivity contribution in [2.75, 3.05) is 17.2 Å². The summed E-state index contributed by atoms with van der Waals surface area (Å²) in [4.78, 5) is 12.3. The van der Waals surface area contributed by atoms with Gasteiger partial charge in [0.25, 0.3) is 5.91 Å². The zero-order chi connectivity index (χ0) is 15.4. The van der Waals surface area contributed by atoms with Crippen molar-refractivity contribution in [1.82, 2.24) is 9.78 Å². The number of hydrogen-bond acceptors (Lipinski definition) is 3. The maximum absolute atomic E-state index is 12.3. The monoisotopic (exact) mass is 286 g/mol. The van der Waals surface area contributed by atoms with Crippen molar-refractivity contribution in [2.45, 2.75) is 27.2 Å². The molecule has 0 radical (unpaired) electrons. The van der Waals surface area contributed by atoms with Gasteiger partial charge in [-0.3, -0.25) is 9.48 Å². The van der Waals surface area contributed by atoms with Crippen LogP contribution in [-0.4, -0.2) is 22.2 Å². The van der Waals surface area contributed by atoms with E-state index in [0.29, 0.717) is 11.4 Å². The number of hydrogen-bond donors (Lipinski definition) is 2. The molecule has 1 heterocycles. The Kier molecular flexibility index (Phi) is 4.62. The molecule has 0 spiro atoms. The van der Waals surface area contributed by atoms with Gasteiger partial charge in [-0.2, -0.15) is 5.10 Å². The van der Waals surface area contributed by atoms with E-state index in [1.165, 1.54) is 0 Å². The molecule has 0 saturated carbocycles. The lowest BCUT2D eigenvalue weighted by Crippen LogP contribution is -2.16. The van der Waals surface area contributed by atoms with Crippen LogP contribution < -0.4 is 10.6 Å². The molecule has 0 atom stereocenters. The van der Waals surface area contributed by atoms with Gasteiger partial charge in [-0.1, -0.05) is 6.92 Å². The molecule has 5 nitrogen and oxygen atoms in total. The fraction of sp³-hybridized carbons (Fsp3) is 0.375. The minimum absolute atomic E-state index is 0.113. The predicted octanol–water partition coefficient (Wildman–Crippen LogP) is 3.11. The van der Waals surface area contributed by atoms with E-state index in [-0.39, 0.29) is 5.91 Å². The van der Waals surface area contributed by atoms with Gasteiger partial charge in [0, 0.05) is 30.9 Å². The van der Waals surface area contributed by atoms with Crippen LogP contribution in [0.1, 0.15) is 35.0 Å². The Balaban J connectivity index is 2.14. The van der Waals surface area contributed by atoms with Crippen molar-refractivity contribution in [2.24, 2.45) is 7.05 Å². The van der Waals surface area contributed by atoms with E-state index in [2.05, 4.69) is 22.7 Å². The molecular formula is C16H22N4O. The lowest BCUT2D eigenvalue weighted by molar-refractivity contribution is 0.102. The highest BCUT2D eigenvalue weighted by atomic mass is 16.1. The number of nitrogens with zero attached hydrogens (tertiary/aromatic N) is 2. The zero-order valence-corrected chi connectivity index (χ0v) is 13.0. The summed E-state index contributed by atoms with van der Waals surface area (Å²) in [5.74, 6) is 0.586. The van der Waals surface area contributed by atoms with E-state index in [4.69, 9.17) is 0 Å². The van der Waals surface area contributed by atoms with E-state index in [9.17, 15) is 4.79 Å². The molecule has 2 rings (SSSR count). The minimum Gasteiger partial charge on any atom is -0.385 e. The van der Waals surface area contributed by atoms with Gasteiger partial charge in [0.2, 0.25) is 0 Å². The zero-order valence-electron chi connectivity index (χ0n) is 13.0. The number of carbonyl (C=O) groups is 1. The molecule has 1 aromatic heterocycles. The smallest absolute Gasteiger partial charge is 0.257 e. The summed E-state index contributed by atoms with van der Waals surface area (Å²) in [6.45, 7) is 6.90. The molecule has 0 aliphatic rings. The summed E-state index contributed by atoms with van der Waals surface area (Å²) in [5, 5.41) is 10.4. The second-order valence-electron chi connectivity index (χ2n) is 5.21. The molecule has 0 aliphatic carbocycles. The number of aryl methyl sites for hydroxylation is 3. The highest BCUT2D eigenvalue weighted by Gasteiger charge is 2.12. The number of nitrogens with one attached hydrogen (secondary N) is 2. The van der Waals surface area contributed by atoms with Crippen molar-refractivity contribution in [3.05, 3.63) is 41.1 Å². The SMILES string of the molecule is CCCNc1ccc(C(=O)Nc2cc(C)nn2C)c(C)c1. The van der Waals surface area contributed by atoms with Crippen molar-refractivity contribution in [3.8, 4) is 0 Å². The second-order valence-corrected chi connectivity index (χ2v) is 5.21. The van der Waals surface area contributed by atoms with Gasteiger partial charge in [0.15, 0.2) is 0 Å². The Labute approximate surface area is 125 Å². The third-order valence-corrected chi connectivity index (χ3v) is 3.29. The Morgan fingerprint density at radius 3 is 2.62 bits per heavy atom. The van der Waals surface area contributed by atoms with Gasteiger partial charge >= 0.3 is 0 Å². The van der Waals surface area contributed by atoms with Gasteiger partial charge in [0.1, 0.15) is 5.82 Å². The van der Waals surface area contributed by atoms with E-state index in [1.807, 2.05) is 45.2 Å². The number of aromatic nitrogens is 2. The molecule has 2 aromatic rings. The van der Waals surface area contributed by atoms with Crippen LogP contribution >= 0.6 is 0 Å². The van der Waals surface area contributed by atoms with Gasteiger partial charge < -0.3 is 10.6 Å². The summed E-state index contributed by atoms with van der Waals surface area (Å²) < 4.78 is 1.67. The summed E-state index contributed by atoms with van der Waals surface area (Å²) in [6, 6.07) is 7.64. The number of anilines is 2. The lowest BCUT2D eigenvalue weighted by Gasteiger charge is -2.10. The van der Waals surface area contributed by atoms with Crippen molar-refractivity contribution in [3.63, 3.8) is 0 Å². The Morgan fingerprint density at radius 2 is 2.05 bits per heavy atom. The average Bonchev–Trinajstić information content (AvgIpc) is 2.74. The molecule has 21 heavy (non-hydrogen) atoms. The van der Waals surface area contributed by atoms with Crippen LogP contribution in [0.25, 0.3) is 0 Å². The van der Waals surface area contributed by atoms with Crippen LogP contribution in [0.4, 0.5) is 11.5 Å². The van der Waals surface area contributed by atoms with Gasteiger partial charge in [-0.05, 0) is 44.0 Å². The van der Waals surface area contributed by atoms with E-state index < -0.39 is 0 Å². The third-order valence-electron chi connectivity index (χ3n) is 3.29. The highest BCUT2D eigenvalue weighted by molar-refractivity contribution is 6.05. The van der Waals surface area contributed by atoms with Crippen LogP contribution in [0.5, 0.6) is 0 Å². The fourth-order valence-corrected chi connectivity index (χ4v) is 2.21. The molecule has 1 aromatic carbocycles. The van der Waals surface area contributed by atoms with Crippen LogP contribution in [0.2, 0.25) is 0 Å². The van der Waals surface area contributed by atoms with Crippen molar-refractivity contribution in [1.29, 1.82) is 0 Å². The van der Waals surface area contributed by atoms with Crippen LogP contribution in [0.3, 0.4) is 0 Å². The molecule has 0 saturated heterocycles. The molecule has 0 bridgehead atoms. The van der Waals surface area contributed by atoms with Gasteiger partial charge in [-0.15, -0.1) is 0 Å². The highest BCUT2D eigenvalue weighted by Crippen LogP contribution is 2.17. The van der Waals surface area contributed by atoms with Crippen molar-refractivity contribution < 1.29 is 4.79 Å². The standard InChI is InChI=1S/C16H22N4O/c1-5-8-17-13-6-7-14(11(2)9-13)16(21)18-15-10-12(3)19-20(15)4/h6-7,9-10,17H,5,8H2,1-4H3,(H,18,21). The molecule has 1 amide bonds. The third kappa shape index (κ3) is 3.62. The molecule has 0 aliphatic heterocycles. The van der Waals surface area contributed by atoms with Crippen LogP contribution in [-0.2, 0) is 7.05 Å². The van der Waals surface area contributed by atoms with Gasteiger partial charge in [0.05, 0.1) is 5.69 Å². The minimum atomic E-state index is -0.113. The van der Waals surface area contributed by atoms with E-state index >= 15 is 0 Å². The number of rotatable bonds is 5. The first-order valence-corrected chi connectivity index (χ1v) is 7.17.